The second-order valence-corrected chi connectivity index (χ2v) is 4.89. The van der Waals surface area contributed by atoms with Crippen LogP contribution in [0.2, 0.25) is 5.02 Å². The molecule has 0 unspecified atom stereocenters. The van der Waals surface area contributed by atoms with Gasteiger partial charge in [-0.1, -0.05) is 35.9 Å². The lowest BCUT2D eigenvalue weighted by Gasteiger charge is -2.20. The number of carboxylic acid groups (broad SMARTS) is 1. The van der Waals surface area contributed by atoms with Gasteiger partial charge in [0.2, 0.25) is 0 Å². The molecule has 21 heavy (non-hydrogen) atoms. The Hall–Kier alpha value is -2.66. The van der Waals surface area contributed by atoms with Gasteiger partial charge >= 0.3 is 5.97 Å². The van der Waals surface area contributed by atoms with Crippen LogP contribution in [-0.2, 0) is 0 Å². The molecule has 1 aliphatic rings. The molecule has 2 aromatic carbocycles. The monoisotopic (exact) mass is 302 g/mol. The highest BCUT2D eigenvalue weighted by molar-refractivity contribution is 6.41. The summed E-state index contributed by atoms with van der Waals surface area (Å²) in [6.45, 7) is 0. The fraction of sp³-hybridized carbons (Fsp3) is 0. The van der Waals surface area contributed by atoms with Gasteiger partial charge in [0.05, 0.1) is 21.7 Å². The first-order chi connectivity index (χ1) is 9.93. The minimum Gasteiger partial charge on any atom is -0.507 e. The Morgan fingerprint density at radius 1 is 1.00 bits per heavy atom. The maximum Gasteiger partial charge on any atom is 0.337 e. The number of hydrogen-bond donors (Lipinski definition) is 2. The molecule has 104 valence electrons. The van der Waals surface area contributed by atoms with Gasteiger partial charge in [-0.3, -0.25) is 9.59 Å². The predicted octanol–water partition coefficient (Wildman–Crippen LogP) is 2.52. The van der Waals surface area contributed by atoms with Crippen LogP contribution in [0.3, 0.4) is 0 Å². The Balaban J connectivity index is 2.41. The van der Waals surface area contributed by atoms with Crippen LogP contribution in [0.1, 0.15) is 42.2 Å². The highest BCUT2D eigenvalue weighted by Gasteiger charge is 2.35. The van der Waals surface area contributed by atoms with E-state index in [9.17, 15) is 19.5 Å². The van der Waals surface area contributed by atoms with E-state index in [1.165, 1.54) is 12.1 Å². The Bertz CT molecular complexity index is 838. The zero-order chi connectivity index (χ0) is 15.3. The second kappa shape index (κ2) is 4.43. The fourth-order valence-electron chi connectivity index (χ4n) is 2.39. The molecule has 0 saturated carbocycles. The molecule has 0 aliphatic heterocycles. The fourth-order valence-corrected chi connectivity index (χ4v) is 2.71. The first-order valence-electron chi connectivity index (χ1n) is 5.90. The predicted molar refractivity (Wildman–Crippen MR) is 73.4 cm³/mol. The third-order valence-corrected chi connectivity index (χ3v) is 3.74. The summed E-state index contributed by atoms with van der Waals surface area (Å²) >= 11 is 5.96. The molecule has 0 radical (unpaired) electrons. The van der Waals surface area contributed by atoms with E-state index >= 15 is 0 Å². The van der Waals surface area contributed by atoms with Crippen LogP contribution in [0.4, 0.5) is 0 Å². The lowest BCUT2D eigenvalue weighted by molar-refractivity contribution is 0.0696. The number of aromatic hydroxyl groups is 1. The molecule has 0 amide bonds. The van der Waals surface area contributed by atoms with Crippen LogP contribution in [0.5, 0.6) is 5.75 Å². The van der Waals surface area contributed by atoms with Crippen molar-refractivity contribution >= 4 is 29.1 Å². The van der Waals surface area contributed by atoms with Crippen molar-refractivity contribution in [1.82, 2.24) is 0 Å². The maximum atomic E-state index is 12.5. The van der Waals surface area contributed by atoms with E-state index in [-0.39, 0.29) is 27.3 Å². The molecular formula is C15H7ClO5. The van der Waals surface area contributed by atoms with Gasteiger partial charge in [-0.05, 0) is 6.07 Å². The molecule has 6 heteroatoms. The number of phenolic OH excluding ortho intramolecular Hbond substituents is 1. The lowest BCUT2D eigenvalue weighted by Crippen LogP contribution is -2.22. The number of carbonyl (C=O) groups is 3. The van der Waals surface area contributed by atoms with Gasteiger partial charge in [0.15, 0.2) is 11.6 Å². The summed E-state index contributed by atoms with van der Waals surface area (Å²) in [5.41, 5.74) is -0.650. The molecule has 0 atom stereocenters. The number of halogens is 1. The molecule has 0 saturated heterocycles. The number of benzene rings is 2. The molecule has 2 N–H and O–H groups in total. The van der Waals surface area contributed by atoms with Crippen molar-refractivity contribution in [3.8, 4) is 5.75 Å². The van der Waals surface area contributed by atoms with Crippen molar-refractivity contribution in [3.05, 3.63) is 63.2 Å². The number of carbonyl (C=O) groups excluding carboxylic acids is 2. The van der Waals surface area contributed by atoms with Crippen LogP contribution >= 0.6 is 11.6 Å². The van der Waals surface area contributed by atoms with Gasteiger partial charge in [0.1, 0.15) is 5.75 Å². The van der Waals surface area contributed by atoms with Crippen LogP contribution in [0.15, 0.2) is 30.3 Å². The summed E-state index contributed by atoms with van der Waals surface area (Å²) in [4.78, 5) is 36.0. The smallest absolute Gasteiger partial charge is 0.337 e. The van der Waals surface area contributed by atoms with E-state index in [0.29, 0.717) is 0 Å². The van der Waals surface area contributed by atoms with Gasteiger partial charge < -0.3 is 10.2 Å². The van der Waals surface area contributed by atoms with E-state index in [4.69, 9.17) is 16.7 Å². The molecule has 0 fully saturated rings. The summed E-state index contributed by atoms with van der Waals surface area (Å²) < 4.78 is 0. The quantitative estimate of drug-likeness (QED) is 0.720. The highest BCUT2D eigenvalue weighted by atomic mass is 35.5. The molecular weight excluding hydrogens is 296 g/mol. The van der Waals surface area contributed by atoms with E-state index in [0.717, 1.165) is 6.07 Å². The number of aromatic carboxylic acids is 1. The number of carboxylic acids is 1. The van der Waals surface area contributed by atoms with E-state index in [1.807, 2.05) is 0 Å². The summed E-state index contributed by atoms with van der Waals surface area (Å²) in [6, 6.07) is 6.99. The minimum absolute atomic E-state index is 0.138. The van der Waals surface area contributed by atoms with E-state index in [2.05, 4.69) is 0 Å². The van der Waals surface area contributed by atoms with Crippen molar-refractivity contribution < 1.29 is 24.6 Å². The third-order valence-electron chi connectivity index (χ3n) is 3.34. The van der Waals surface area contributed by atoms with Gasteiger partial charge in [0.25, 0.3) is 0 Å². The maximum absolute atomic E-state index is 12.5. The summed E-state index contributed by atoms with van der Waals surface area (Å²) in [5, 5.41) is 18.6. The Morgan fingerprint density at radius 3 is 2.05 bits per heavy atom. The first kappa shape index (κ1) is 13.3. The second-order valence-electron chi connectivity index (χ2n) is 4.52. The molecule has 0 spiro atoms. The van der Waals surface area contributed by atoms with Crippen LogP contribution < -0.4 is 0 Å². The standard InChI is InChI=1S/C15H7ClO5/c16-12-8(15(20)21)5-9(17)10-11(12)14(19)7-4-2-1-3-6(7)13(10)18/h1-5,17H,(H,20,21). The molecule has 2 aromatic rings. The zero-order valence-corrected chi connectivity index (χ0v) is 11.1. The largest absolute Gasteiger partial charge is 0.507 e. The van der Waals surface area contributed by atoms with Crippen molar-refractivity contribution in [3.63, 3.8) is 0 Å². The Morgan fingerprint density at radius 2 is 1.52 bits per heavy atom. The summed E-state index contributed by atoms with van der Waals surface area (Å²) in [6.07, 6.45) is 0. The van der Waals surface area contributed by atoms with E-state index < -0.39 is 28.8 Å². The number of ketones is 2. The Labute approximate surface area is 123 Å². The molecule has 1 aliphatic carbocycles. The lowest BCUT2D eigenvalue weighted by atomic mass is 9.82. The van der Waals surface area contributed by atoms with Crippen LogP contribution in [-0.4, -0.2) is 27.7 Å². The average molecular weight is 303 g/mol. The van der Waals surface area contributed by atoms with Gasteiger partial charge in [-0.15, -0.1) is 0 Å². The van der Waals surface area contributed by atoms with Crippen molar-refractivity contribution in [2.75, 3.05) is 0 Å². The normalized spacial score (nSPS) is 12.8. The average Bonchev–Trinajstić information content (AvgIpc) is 2.46. The third kappa shape index (κ3) is 1.75. The van der Waals surface area contributed by atoms with E-state index in [1.54, 1.807) is 12.1 Å². The number of phenols is 1. The molecule has 0 aromatic heterocycles. The first-order valence-corrected chi connectivity index (χ1v) is 6.28. The molecule has 0 heterocycles. The van der Waals surface area contributed by atoms with Crippen molar-refractivity contribution in [2.24, 2.45) is 0 Å². The van der Waals surface area contributed by atoms with Gasteiger partial charge in [-0.25, -0.2) is 4.79 Å². The van der Waals surface area contributed by atoms with Gasteiger partial charge in [0, 0.05) is 11.1 Å². The van der Waals surface area contributed by atoms with Crippen molar-refractivity contribution in [2.45, 2.75) is 0 Å². The number of fused-ring (bicyclic) bond motifs is 2. The SMILES string of the molecule is O=C(O)c1cc(O)c2c(c1Cl)C(=O)c1ccccc1C2=O. The Kier molecular flexibility index (Phi) is 2.81. The number of hydrogen-bond acceptors (Lipinski definition) is 4. The van der Waals surface area contributed by atoms with Crippen LogP contribution in [0.25, 0.3) is 0 Å². The summed E-state index contributed by atoms with van der Waals surface area (Å²) in [5.74, 6) is -3.10. The zero-order valence-electron chi connectivity index (χ0n) is 10.4. The van der Waals surface area contributed by atoms with Crippen LogP contribution in [0, 0.1) is 0 Å². The van der Waals surface area contributed by atoms with Gasteiger partial charge in [-0.2, -0.15) is 0 Å². The topological polar surface area (TPSA) is 91.7 Å². The molecule has 0 bridgehead atoms. The highest BCUT2D eigenvalue weighted by Crippen LogP contribution is 2.38. The minimum atomic E-state index is -1.39. The van der Waals surface area contributed by atoms with Crippen molar-refractivity contribution in [1.29, 1.82) is 0 Å². The molecule has 3 rings (SSSR count). The number of rotatable bonds is 1. The molecule has 5 nitrogen and oxygen atoms in total. The summed E-state index contributed by atoms with van der Waals surface area (Å²) in [7, 11) is 0.